The van der Waals surface area contributed by atoms with Crippen molar-refractivity contribution in [2.75, 3.05) is 7.11 Å². The molecule has 0 amide bonds. The van der Waals surface area contributed by atoms with Gasteiger partial charge < -0.3 is 4.74 Å². The summed E-state index contributed by atoms with van der Waals surface area (Å²) in [6, 6.07) is 23.0. The minimum absolute atomic E-state index is 0.0424. The molecule has 0 saturated heterocycles. The Hall–Kier alpha value is -3.22. The van der Waals surface area contributed by atoms with E-state index in [0.29, 0.717) is 5.56 Å². The van der Waals surface area contributed by atoms with Crippen LogP contribution in [-0.4, -0.2) is 15.5 Å². The molecule has 0 fully saturated rings. The summed E-state index contributed by atoms with van der Waals surface area (Å²) in [5, 5.41) is 5.20. The van der Waals surface area contributed by atoms with Crippen molar-refractivity contribution in [3.05, 3.63) is 84.7 Å². The number of primary sulfonamides is 1. The SMILES string of the molecule is COc1ccc(-c2c3cccccc-3cc2-c2ccc(S(N)(=O)=O)cc2)cc1F. The van der Waals surface area contributed by atoms with Gasteiger partial charge in [0.1, 0.15) is 0 Å². The van der Waals surface area contributed by atoms with Crippen molar-refractivity contribution in [2.45, 2.75) is 4.90 Å². The van der Waals surface area contributed by atoms with Gasteiger partial charge in [0.05, 0.1) is 12.0 Å². The third-order valence-electron chi connectivity index (χ3n) is 4.84. The predicted octanol–water partition coefficient (Wildman–Crippen LogP) is 4.92. The van der Waals surface area contributed by atoms with E-state index in [0.717, 1.165) is 27.8 Å². The Morgan fingerprint density at radius 1 is 0.793 bits per heavy atom. The van der Waals surface area contributed by atoms with Gasteiger partial charge in [-0.05, 0) is 63.7 Å². The quantitative estimate of drug-likeness (QED) is 0.522. The highest BCUT2D eigenvalue weighted by atomic mass is 32.2. The molecule has 146 valence electrons. The molecular weight excluding hydrogens is 389 g/mol. The smallest absolute Gasteiger partial charge is 0.238 e. The number of halogens is 1. The molecule has 0 bridgehead atoms. The lowest BCUT2D eigenvalue weighted by molar-refractivity contribution is 0.386. The van der Waals surface area contributed by atoms with Crippen molar-refractivity contribution >= 4 is 10.0 Å². The van der Waals surface area contributed by atoms with Gasteiger partial charge >= 0.3 is 0 Å². The molecule has 2 aromatic carbocycles. The molecule has 0 radical (unpaired) electrons. The second-order valence-electron chi connectivity index (χ2n) is 6.63. The number of fused-ring (bicyclic) bond motifs is 1. The average molecular weight is 407 g/mol. The first-order valence-electron chi connectivity index (χ1n) is 8.87. The van der Waals surface area contributed by atoms with Crippen LogP contribution in [0.25, 0.3) is 33.4 Å². The summed E-state index contributed by atoms with van der Waals surface area (Å²) in [5.41, 5.74) is 5.20. The minimum Gasteiger partial charge on any atom is -0.494 e. The molecule has 0 aliphatic heterocycles. The van der Waals surface area contributed by atoms with Crippen molar-refractivity contribution in [2.24, 2.45) is 5.14 Å². The topological polar surface area (TPSA) is 69.4 Å². The van der Waals surface area contributed by atoms with Crippen LogP contribution in [0.1, 0.15) is 0 Å². The van der Waals surface area contributed by atoms with Crippen LogP contribution in [0, 0.1) is 5.82 Å². The van der Waals surface area contributed by atoms with E-state index >= 15 is 0 Å². The summed E-state index contributed by atoms with van der Waals surface area (Å²) in [6.07, 6.45) is 0. The second-order valence-corrected chi connectivity index (χ2v) is 8.19. The summed E-state index contributed by atoms with van der Waals surface area (Å²) in [6.45, 7) is 0. The third kappa shape index (κ3) is 3.60. The fraction of sp³-hybridized carbons (Fsp3) is 0.0435. The van der Waals surface area contributed by atoms with Crippen LogP contribution in [0.2, 0.25) is 0 Å². The van der Waals surface area contributed by atoms with Crippen LogP contribution in [0.4, 0.5) is 4.39 Å². The number of benzene rings is 2. The molecule has 2 N–H and O–H groups in total. The lowest BCUT2D eigenvalue weighted by Gasteiger charge is -2.10. The predicted molar refractivity (Wildman–Crippen MR) is 112 cm³/mol. The molecule has 6 heteroatoms. The maximum atomic E-state index is 14.4. The molecule has 2 aromatic rings. The molecule has 29 heavy (non-hydrogen) atoms. The summed E-state index contributed by atoms with van der Waals surface area (Å²) < 4.78 is 42.6. The second kappa shape index (κ2) is 7.31. The van der Waals surface area contributed by atoms with Crippen LogP contribution in [0.3, 0.4) is 0 Å². The first-order chi connectivity index (χ1) is 13.9. The summed E-state index contributed by atoms with van der Waals surface area (Å²) in [5.74, 6) is -0.274. The number of nitrogens with two attached hydrogens (primary N) is 1. The van der Waals surface area contributed by atoms with Gasteiger partial charge in [-0.2, -0.15) is 0 Å². The number of hydrogen-bond acceptors (Lipinski definition) is 3. The van der Waals surface area contributed by atoms with E-state index in [1.54, 1.807) is 18.2 Å². The highest BCUT2D eigenvalue weighted by molar-refractivity contribution is 7.89. The van der Waals surface area contributed by atoms with Gasteiger partial charge in [0.15, 0.2) is 11.6 Å². The van der Waals surface area contributed by atoms with Crippen LogP contribution in [0.5, 0.6) is 5.75 Å². The van der Waals surface area contributed by atoms with Crippen LogP contribution in [-0.2, 0) is 10.0 Å². The van der Waals surface area contributed by atoms with E-state index < -0.39 is 15.8 Å². The molecule has 2 aliphatic carbocycles. The van der Waals surface area contributed by atoms with Gasteiger partial charge in [-0.25, -0.2) is 17.9 Å². The molecule has 0 spiro atoms. The lowest BCUT2D eigenvalue weighted by atomic mass is 9.96. The Morgan fingerprint density at radius 2 is 1.48 bits per heavy atom. The Balaban J connectivity index is 1.96. The molecular formula is C23H18FNO3S. The maximum absolute atomic E-state index is 14.4. The van der Waals surface area contributed by atoms with Gasteiger partial charge in [0, 0.05) is 0 Å². The zero-order valence-corrected chi connectivity index (χ0v) is 16.4. The number of hydrogen-bond donors (Lipinski definition) is 1. The van der Waals surface area contributed by atoms with E-state index in [2.05, 4.69) is 0 Å². The fourth-order valence-corrected chi connectivity index (χ4v) is 3.99. The van der Waals surface area contributed by atoms with Gasteiger partial charge in [-0.1, -0.05) is 48.5 Å². The Morgan fingerprint density at radius 3 is 2.14 bits per heavy atom. The minimum atomic E-state index is -3.77. The van der Waals surface area contributed by atoms with Crippen molar-refractivity contribution in [3.63, 3.8) is 0 Å². The lowest BCUT2D eigenvalue weighted by Crippen LogP contribution is -2.11. The molecule has 0 heterocycles. The maximum Gasteiger partial charge on any atom is 0.238 e. The standard InChI is InChI=1S/C23H18FNO3S/c1-28-22-12-9-17(14-21(22)24)23-19-6-4-2-3-5-16(19)13-20(23)15-7-10-18(11-8-15)29(25,26)27/h2-14H,1H3,(H2,25,26,27). The molecule has 0 atom stereocenters. The van der Waals surface area contributed by atoms with E-state index in [9.17, 15) is 12.8 Å². The largest absolute Gasteiger partial charge is 0.494 e. The highest BCUT2D eigenvalue weighted by Gasteiger charge is 2.19. The molecule has 4 rings (SSSR count). The fourth-order valence-electron chi connectivity index (χ4n) is 3.47. The Kier molecular flexibility index (Phi) is 4.82. The average Bonchev–Trinajstić information content (AvgIpc) is 2.90. The number of rotatable bonds is 4. The van der Waals surface area contributed by atoms with E-state index in [-0.39, 0.29) is 10.6 Å². The number of ether oxygens (including phenoxy) is 1. The van der Waals surface area contributed by atoms with Gasteiger partial charge in [-0.3, -0.25) is 0 Å². The zero-order valence-electron chi connectivity index (χ0n) is 15.6. The summed E-state index contributed by atoms with van der Waals surface area (Å²) in [4.78, 5) is 0.0424. The first-order valence-corrected chi connectivity index (χ1v) is 10.4. The first kappa shape index (κ1) is 19.1. The molecule has 0 unspecified atom stereocenters. The summed E-state index contributed by atoms with van der Waals surface area (Å²) in [7, 11) is -2.35. The van der Waals surface area contributed by atoms with Crippen LogP contribution in [0.15, 0.2) is 83.8 Å². The Labute approximate surface area is 168 Å². The summed E-state index contributed by atoms with van der Waals surface area (Å²) >= 11 is 0. The van der Waals surface area contributed by atoms with E-state index in [1.165, 1.54) is 25.3 Å². The monoisotopic (exact) mass is 407 g/mol. The van der Waals surface area contributed by atoms with E-state index in [4.69, 9.17) is 9.88 Å². The Bertz CT molecular complexity index is 1270. The van der Waals surface area contributed by atoms with Gasteiger partial charge in [0.2, 0.25) is 10.0 Å². The zero-order chi connectivity index (χ0) is 20.6. The van der Waals surface area contributed by atoms with Crippen molar-refractivity contribution < 1.29 is 17.5 Å². The number of sulfonamides is 1. The van der Waals surface area contributed by atoms with Crippen molar-refractivity contribution in [1.29, 1.82) is 0 Å². The van der Waals surface area contributed by atoms with Crippen LogP contribution >= 0.6 is 0 Å². The number of methoxy groups -OCH3 is 1. The third-order valence-corrected chi connectivity index (χ3v) is 5.77. The molecule has 4 nitrogen and oxygen atoms in total. The van der Waals surface area contributed by atoms with Crippen molar-refractivity contribution in [3.8, 4) is 39.1 Å². The molecule has 0 aromatic heterocycles. The molecule has 2 aliphatic rings. The van der Waals surface area contributed by atoms with Crippen molar-refractivity contribution in [1.82, 2.24) is 0 Å². The highest BCUT2D eigenvalue weighted by Crippen LogP contribution is 2.44. The molecule has 0 saturated carbocycles. The van der Waals surface area contributed by atoms with Gasteiger partial charge in [0.25, 0.3) is 0 Å². The van der Waals surface area contributed by atoms with Gasteiger partial charge in [-0.15, -0.1) is 0 Å². The van der Waals surface area contributed by atoms with E-state index in [1.807, 2.05) is 42.5 Å². The van der Waals surface area contributed by atoms with Crippen LogP contribution < -0.4 is 9.88 Å². The normalized spacial score (nSPS) is 11.6.